The van der Waals surface area contributed by atoms with Gasteiger partial charge in [0.25, 0.3) is 0 Å². The average molecular weight is 424 g/mol. The molecule has 0 radical (unpaired) electrons. The Morgan fingerprint density at radius 2 is 2.00 bits per heavy atom. The lowest BCUT2D eigenvalue weighted by atomic mass is 9.77. The van der Waals surface area contributed by atoms with Crippen LogP contribution in [0.5, 0.6) is 0 Å². The zero-order valence-electron chi connectivity index (χ0n) is 17.9. The van der Waals surface area contributed by atoms with Crippen LogP contribution >= 0.6 is 0 Å². The number of hydrogen-bond acceptors (Lipinski definition) is 7. The monoisotopic (exact) mass is 423 g/mol. The van der Waals surface area contributed by atoms with Gasteiger partial charge in [0.15, 0.2) is 5.65 Å². The fraction of sp³-hybridized carbons (Fsp3) is 0.636. The summed E-state index contributed by atoms with van der Waals surface area (Å²) in [7, 11) is 1.69. The van der Waals surface area contributed by atoms with E-state index in [0.29, 0.717) is 18.4 Å². The van der Waals surface area contributed by atoms with Crippen LogP contribution in [0.15, 0.2) is 30.7 Å². The highest BCUT2D eigenvalue weighted by Gasteiger charge is 2.44. The Hall–Kier alpha value is -2.52. The van der Waals surface area contributed by atoms with Crippen molar-refractivity contribution in [2.75, 3.05) is 31.7 Å². The van der Waals surface area contributed by atoms with Crippen LogP contribution in [-0.2, 0) is 16.1 Å². The molecule has 2 saturated carbocycles. The Kier molecular flexibility index (Phi) is 4.87. The maximum atomic E-state index is 6.47. The number of nitrogens with zero attached hydrogens (tertiary/aromatic N) is 7. The molecule has 1 aliphatic heterocycles. The predicted molar refractivity (Wildman–Crippen MR) is 114 cm³/mol. The number of fused-ring (bicyclic) bond motifs is 2. The van der Waals surface area contributed by atoms with Crippen LogP contribution in [0.2, 0.25) is 0 Å². The zero-order chi connectivity index (χ0) is 20.8. The summed E-state index contributed by atoms with van der Waals surface area (Å²) < 4.78 is 15.6. The topological polar surface area (TPSA) is 82.6 Å². The summed E-state index contributed by atoms with van der Waals surface area (Å²) in [6.45, 7) is 3.41. The van der Waals surface area contributed by atoms with Crippen LogP contribution in [0.25, 0.3) is 5.65 Å². The molecule has 4 atom stereocenters. The Morgan fingerprint density at radius 3 is 2.84 bits per heavy atom. The first-order valence-corrected chi connectivity index (χ1v) is 11.3. The molecular weight excluding hydrogens is 394 g/mol. The standard InChI is InChI=1S/C22H29N7O2/c1-30-14-18-12-29(26-24-18)19-8-16-10-27(22-5-4-21-23-6-7-28(21)25-22)11-17(16)9-20(19)31-13-15-2-3-15/h4-7,12,15-17,19-20H,2-3,8-11,13-14H2,1H3/t16-,17+,19-,20-/m1/s1. The van der Waals surface area contributed by atoms with Crippen LogP contribution in [0.1, 0.15) is 37.4 Å². The van der Waals surface area contributed by atoms with Gasteiger partial charge in [0.2, 0.25) is 0 Å². The molecule has 3 aliphatic rings. The van der Waals surface area contributed by atoms with Crippen molar-refractivity contribution in [1.82, 2.24) is 29.6 Å². The van der Waals surface area contributed by atoms with Crippen LogP contribution in [0, 0.1) is 17.8 Å². The van der Waals surface area contributed by atoms with E-state index < -0.39 is 0 Å². The third-order valence-electron chi connectivity index (χ3n) is 7.08. The molecule has 2 aliphatic carbocycles. The third kappa shape index (κ3) is 3.80. The molecule has 0 spiro atoms. The SMILES string of the molecule is COCc1cn([C@@H]2C[C@@H]3CN(c4ccc5nccn5n4)C[C@@H]3C[C@H]2OCC2CC2)nn1. The molecule has 0 amide bonds. The molecule has 9 heteroatoms. The van der Waals surface area contributed by atoms with Crippen molar-refractivity contribution in [3.8, 4) is 0 Å². The van der Waals surface area contributed by atoms with E-state index in [1.54, 1.807) is 13.3 Å². The van der Waals surface area contributed by atoms with E-state index in [9.17, 15) is 0 Å². The van der Waals surface area contributed by atoms with E-state index in [-0.39, 0.29) is 12.1 Å². The number of anilines is 1. The van der Waals surface area contributed by atoms with Crippen molar-refractivity contribution < 1.29 is 9.47 Å². The van der Waals surface area contributed by atoms with E-state index in [1.807, 2.05) is 27.7 Å². The van der Waals surface area contributed by atoms with Crippen molar-refractivity contribution in [2.24, 2.45) is 17.8 Å². The van der Waals surface area contributed by atoms with E-state index in [2.05, 4.69) is 26.3 Å². The van der Waals surface area contributed by atoms with Crippen molar-refractivity contribution in [2.45, 2.75) is 44.4 Å². The largest absolute Gasteiger partial charge is 0.378 e. The Morgan fingerprint density at radius 1 is 1.13 bits per heavy atom. The highest BCUT2D eigenvalue weighted by Crippen LogP contribution is 2.44. The average Bonchev–Trinajstić information content (AvgIpc) is 3.16. The number of rotatable bonds is 7. The Balaban J connectivity index is 1.21. The van der Waals surface area contributed by atoms with Crippen molar-refractivity contribution in [3.63, 3.8) is 0 Å². The number of hydrogen-bond donors (Lipinski definition) is 0. The Bertz CT molecular complexity index is 1050. The lowest BCUT2D eigenvalue weighted by Crippen LogP contribution is -2.38. The lowest BCUT2D eigenvalue weighted by Gasteiger charge is -2.37. The molecule has 1 saturated heterocycles. The van der Waals surface area contributed by atoms with Crippen LogP contribution in [-0.4, -0.2) is 62.5 Å². The summed E-state index contributed by atoms with van der Waals surface area (Å²) in [5, 5.41) is 13.5. The molecule has 0 unspecified atom stereocenters. The molecule has 0 aromatic carbocycles. The smallest absolute Gasteiger partial charge is 0.153 e. The minimum atomic E-state index is 0.183. The molecule has 3 aromatic rings. The highest BCUT2D eigenvalue weighted by atomic mass is 16.5. The van der Waals surface area contributed by atoms with Gasteiger partial charge >= 0.3 is 0 Å². The first-order valence-electron chi connectivity index (χ1n) is 11.3. The minimum absolute atomic E-state index is 0.183. The molecule has 3 fully saturated rings. The minimum Gasteiger partial charge on any atom is -0.378 e. The second-order valence-electron chi connectivity index (χ2n) is 9.32. The van der Waals surface area contributed by atoms with Crippen molar-refractivity contribution >= 4 is 11.5 Å². The third-order valence-corrected chi connectivity index (χ3v) is 7.08. The molecule has 31 heavy (non-hydrogen) atoms. The van der Waals surface area contributed by atoms with Gasteiger partial charge in [0, 0.05) is 39.2 Å². The Labute approximate surface area is 181 Å². The van der Waals surface area contributed by atoms with E-state index >= 15 is 0 Å². The molecule has 4 heterocycles. The van der Waals surface area contributed by atoms with Crippen molar-refractivity contribution in [3.05, 3.63) is 36.4 Å². The molecule has 0 N–H and O–H groups in total. The van der Waals surface area contributed by atoms with Gasteiger partial charge in [0.1, 0.15) is 11.5 Å². The van der Waals surface area contributed by atoms with Gasteiger partial charge < -0.3 is 14.4 Å². The van der Waals surface area contributed by atoms with E-state index in [0.717, 1.165) is 55.6 Å². The van der Waals surface area contributed by atoms with Gasteiger partial charge in [-0.15, -0.1) is 10.2 Å². The summed E-state index contributed by atoms with van der Waals surface area (Å²) in [4.78, 5) is 6.73. The molecular formula is C22H29N7O2. The molecule has 9 nitrogen and oxygen atoms in total. The van der Waals surface area contributed by atoms with Gasteiger partial charge in [-0.05, 0) is 55.6 Å². The number of aromatic nitrogens is 6. The van der Waals surface area contributed by atoms with Crippen LogP contribution in [0.4, 0.5) is 5.82 Å². The molecule has 3 aromatic heterocycles. The first-order chi connectivity index (χ1) is 15.3. The zero-order valence-corrected chi connectivity index (χ0v) is 17.9. The second kappa shape index (κ2) is 7.87. The van der Waals surface area contributed by atoms with Crippen LogP contribution in [0.3, 0.4) is 0 Å². The van der Waals surface area contributed by atoms with Gasteiger partial charge in [-0.1, -0.05) is 5.21 Å². The molecule has 164 valence electrons. The predicted octanol–water partition coefficient (Wildman–Crippen LogP) is 2.35. The molecule has 6 rings (SSSR count). The second-order valence-corrected chi connectivity index (χ2v) is 9.32. The summed E-state index contributed by atoms with van der Waals surface area (Å²) >= 11 is 0. The number of methoxy groups -OCH3 is 1. The van der Waals surface area contributed by atoms with Crippen molar-refractivity contribution in [1.29, 1.82) is 0 Å². The summed E-state index contributed by atoms with van der Waals surface area (Å²) in [6, 6.07) is 4.36. The maximum Gasteiger partial charge on any atom is 0.153 e. The van der Waals surface area contributed by atoms with E-state index in [4.69, 9.17) is 14.6 Å². The van der Waals surface area contributed by atoms with Gasteiger partial charge in [-0.3, -0.25) is 0 Å². The van der Waals surface area contributed by atoms with E-state index in [1.165, 1.54) is 12.8 Å². The number of ether oxygens (including phenoxy) is 2. The number of imidazole rings is 1. The summed E-state index contributed by atoms with van der Waals surface area (Å²) in [5.41, 5.74) is 1.75. The highest BCUT2D eigenvalue weighted by molar-refractivity contribution is 5.46. The normalized spacial score (nSPS) is 28.4. The fourth-order valence-electron chi connectivity index (χ4n) is 5.24. The molecule has 0 bridgehead atoms. The lowest BCUT2D eigenvalue weighted by molar-refractivity contribution is -0.0375. The quantitative estimate of drug-likeness (QED) is 0.577. The maximum absolute atomic E-state index is 6.47. The first kappa shape index (κ1) is 19.2. The van der Waals surface area contributed by atoms with Gasteiger partial charge in [0.05, 0.1) is 24.9 Å². The summed E-state index contributed by atoms with van der Waals surface area (Å²) in [5.74, 6) is 2.99. The summed E-state index contributed by atoms with van der Waals surface area (Å²) in [6.07, 6.45) is 10.6. The van der Waals surface area contributed by atoms with Gasteiger partial charge in [-0.25, -0.2) is 14.2 Å². The van der Waals surface area contributed by atoms with Crippen LogP contribution < -0.4 is 4.90 Å². The van der Waals surface area contributed by atoms with Gasteiger partial charge in [-0.2, -0.15) is 0 Å². The fourth-order valence-corrected chi connectivity index (χ4v) is 5.24.